The summed E-state index contributed by atoms with van der Waals surface area (Å²) in [6.07, 6.45) is 7.12. The Bertz CT molecular complexity index is 318. The third-order valence-corrected chi connectivity index (χ3v) is 4.56. The van der Waals surface area contributed by atoms with Crippen molar-refractivity contribution in [2.75, 3.05) is 19.6 Å². The minimum absolute atomic E-state index is 0.922. The van der Waals surface area contributed by atoms with Crippen LogP contribution in [-0.2, 0) is 13.0 Å². The predicted molar refractivity (Wildman–Crippen MR) is 73.4 cm³/mol. The summed E-state index contributed by atoms with van der Waals surface area (Å²) in [5.74, 6) is 0.922. The van der Waals surface area contributed by atoms with Crippen molar-refractivity contribution in [2.24, 2.45) is 5.92 Å². The fourth-order valence-corrected chi connectivity index (χ4v) is 3.10. The van der Waals surface area contributed by atoms with Crippen LogP contribution >= 0.6 is 11.3 Å². The van der Waals surface area contributed by atoms with Crippen LogP contribution in [-0.4, -0.2) is 24.6 Å². The minimum atomic E-state index is 0.922. The highest BCUT2D eigenvalue weighted by Gasteiger charge is 2.11. The fraction of sp³-hybridized carbons (Fsp3) is 0.769. The molecule has 4 heteroatoms. The molecule has 1 aliphatic heterocycles. The molecule has 2 N–H and O–H groups in total. The quantitative estimate of drug-likeness (QED) is 0.763. The van der Waals surface area contributed by atoms with Gasteiger partial charge in [-0.25, -0.2) is 4.98 Å². The molecule has 0 bridgehead atoms. The zero-order valence-corrected chi connectivity index (χ0v) is 11.5. The van der Waals surface area contributed by atoms with E-state index >= 15 is 0 Å². The number of piperidine rings is 1. The summed E-state index contributed by atoms with van der Waals surface area (Å²) in [5, 5.41) is 8.15. The summed E-state index contributed by atoms with van der Waals surface area (Å²) in [5.41, 5.74) is 0. The average molecular weight is 253 g/mol. The van der Waals surface area contributed by atoms with Crippen LogP contribution in [0.15, 0.2) is 6.20 Å². The monoisotopic (exact) mass is 253 g/mol. The number of thiazole rings is 1. The van der Waals surface area contributed by atoms with Crippen LogP contribution < -0.4 is 10.6 Å². The SMILES string of the molecule is CCc1cnc(CNCCC2CCNCC2)s1. The predicted octanol–water partition coefficient (Wildman–Crippen LogP) is 2.18. The summed E-state index contributed by atoms with van der Waals surface area (Å²) in [4.78, 5) is 5.81. The van der Waals surface area contributed by atoms with Gasteiger partial charge in [-0.3, -0.25) is 0 Å². The van der Waals surface area contributed by atoms with Gasteiger partial charge in [0.05, 0.1) is 0 Å². The maximum atomic E-state index is 4.42. The summed E-state index contributed by atoms with van der Waals surface area (Å²) >= 11 is 1.84. The summed E-state index contributed by atoms with van der Waals surface area (Å²) in [6, 6.07) is 0. The van der Waals surface area contributed by atoms with E-state index in [1.54, 1.807) is 0 Å². The lowest BCUT2D eigenvalue weighted by molar-refractivity contribution is 0.348. The molecule has 0 unspecified atom stereocenters. The van der Waals surface area contributed by atoms with E-state index in [9.17, 15) is 0 Å². The normalized spacial score (nSPS) is 17.5. The van der Waals surface area contributed by atoms with Gasteiger partial charge in [0.15, 0.2) is 0 Å². The average Bonchev–Trinajstić information content (AvgIpc) is 2.84. The maximum Gasteiger partial charge on any atom is 0.107 e. The Labute approximate surface area is 108 Å². The zero-order chi connectivity index (χ0) is 11.9. The van der Waals surface area contributed by atoms with Crippen LogP contribution in [0.1, 0.15) is 36.1 Å². The number of rotatable bonds is 6. The number of hydrogen-bond donors (Lipinski definition) is 2. The Morgan fingerprint density at radius 1 is 1.47 bits per heavy atom. The summed E-state index contributed by atoms with van der Waals surface area (Å²) in [6.45, 7) is 6.66. The molecule has 96 valence electrons. The number of nitrogens with zero attached hydrogens (tertiary/aromatic N) is 1. The molecule has 1 aromatic heterocycles. The summed E-state index contributed by atoms with van der Waals surface area (Å²) in [7, 11) is 0. The Morgan fingerprint density at radius 3 is 3.00 bits per heavy atom. The number of hydrogen-bond acceptors (Lipinski definition) is 4. The second-order valence-corrected chi connectivity index (χ2v) is 5.93. The van der Waals surface area contributed by atoms with E-state index in [1.165, 1.54) is 42.2 Å². The van der Waals surface area contributed by atoms with Crippen molar-refractivity contribution < 1.29 is 0 Å². The molecular formula is C13H23N3S. The highest BCUT2D eigenvalue weighted by atomic mass is 32.1. The topological polar surface area (TPSA) is 37.0 Å². The number of aromatic nitrogens is 1. The van der Waals surface area contributed by atoms with Crippen LogP contribution in [0.4, 0.5) is 0 Å². The third kappa shape index (κ3) is 4.37. The molecule has 0 aromatic carbocycles. The van der Waals surface area contributed by atoms with E-state index in [4.69, 9.17) is 0 Å². The molecule has 1 aliphatic rings. The molecule has 0 spiro atoms. The molecule has 2 heterocycles. The summed E-state index contributed by atoms with van der Waals surface area (Å²) < 4.78 is 0. The first kappa shape index (κ1) is 13.0. The van der Waals surface area contributed by atoms with Crippen molar-refractivity contribution in [3.05, 3.63) is 16.1 Å². The Morgan fingerprint density at radius 2 is 2.29 bits per heavy atom. The van der Waals surface area contributed by atoms with Crippen molar-refractivity contribution in [3.63, 3.8) is 0 Å². The van der Waals surface area contributed by atoms with Gasteiger partial charge in [-0.1, -0.05) is 6.92 Å². The van der Waals surface area contributed by atoms with Gasteiger partial charge in [0.25, 0.3) is 0 Å². The van der Waals surface area contributed by atoms with Crippen molar-refractivity contribution in [1.82, 2.24) is 15.6 Å². The molecule has 1 saturated heterocycles. The van der Waals surface area contributed by atoms with Gasteiger partial charge in [-0.05, 0) is 51.2 Å². The number of nitrogens with one attached hydrogen (secondary N) is 2. The van der Waals surface area contributed by atoms with Gasteiger partial charge >= 0.3 is 0 Å². The maximum absolute atomic E-state index is 4.42. The van der Waals surface area contributed by atoms with Crippen LogP contribution in [0.3, 0.4) is 0 Å². The standard InChI is InChI=1S/C13H23N3S/c1-2-12-9-16-13(17-12)10-15-8-5-11-3-6-14-7-4-11/h9,11,14-15H,2-8,10H2,1H3. The van der Waals surface area contributed by atoms with Crippen molar-refractivity contribution >= 4 is 11.3 Å². The molecule has 0 aliphatic carbocycles. The first-order valence-corrected chi connectivity index (χ1v) is 7.55. The van der Waals surface area contributed by atoms with Crippen molar-refractivity contribution in [3.8, 4) is 0 Å². The molecular weight excluding hydrogens is 230 g/mol. The Kier molecular flexibility index (Phi) is 5.42. The zero-order valence-electron chi connectivity index (χ0n) is 10.7. The van der Waals surface area contributed by atoms with E-state index in [0.29, 0.717) is 0 Å². The highest BCUT2D eigenvalue weighted by molar-refractivity contribution is 7.11. The highest BCUT2D eigenvalue weighted by Crippen LogP contribution is 2.15. The molecule has 0 atom stereocenters. The van der Waals surface area contributed by atoms with Crippen LogP contribution in [0.2, 0.25) is 0 Å². The molecule has 0 saturated carbocycles. The third-order valence-electron chi connectivity index (χ3n) is 3.41. The minimum Gasteiger partial charge on any atom is -0.317 e. The van der Waals surface area contributed by atoms with Gasteiger partial charge in [0.1, 0.15) is 5.01 Å². The van der Waals surface area contributed by atoms with E-state index in [0.717, 1.165) is 25.4 Å². The van der Waals surface area contributed by atoms with E-state index < -0.39 is 0 Å². The second-order valence-electron chi connectivity index (χ2n) is 4.73. The van der Waals surface area contributed by atoms with Crippen LogP contribution in [0.5, 0.6) is 0 Å². The van der Waals surface area contributed by atoms with E-state index in [2.05, 4.69) is 22.5 Å². The Hall–Kier alpha value is -0.450. The molecule has 17 heavy (non-hydrogen) atoms. The first-order chi connectivity index (χ1) is 8.38. The second kappa shape index (κ2) is 7.09. The van der Waals surface area contributed by atoms with Gasteiger partial charge in [-0.15, -0.1) is 11.3 Å². The first-order valence-electron chi connectivity index (χ1n) is 6.73. The lowest BCUT2D eigenvalue weighted by Gasteiger charge is -2.22. The van der Waals surface area contributed by atoms with Gasteiger partial charge in [0.2, 0.25) is 0 Å². The lowest BCUT2D eigenvalue weighted by Crippen LogP contribution is -2.29. The molecule has 2 rings (SSSR count). The van der Waals surface area contributed by atoms with Crippen molar-refractivity contribution in [2.45, 2.75) is 39.2 Å². The molecule has 0 radical (unpaired) electrons. The number of aryl methyl sites for hydroxylation is 1. The molecule has 1 aromatic rings. The fourth-order valence-electron chi connectivity index (χ4n) is 2.27. The van der Waals surface area contributed by atoms with Gasteiger partial charge in [-0.2, -0.15) is 0 Å². The van der Waals surface area contributed by atoms with E-state index in [-0.39, 0.29) is 0 Å². The van der Waals surface area contributed by atoms with Crippen molar-refractivity contribution in [1.29, 1.82) is 0 Å². The molecule has 3 nitrogen and oxygen atoms in total. The van der Waals surface area contributed by atoms with Gasteiger partial charge < -0.3 is 10.6 Å². The Balaban J connectivity index is 1.59. The smallest absolute Gasteiger partial charge is 0.107 e. The molecule has 1 fully saturated rings. The van der Waals surface area contributed by atoms with Gasteiger partial charge in [0, 0.05) is 17.6 Å². The van der Waals surface area contributed by atoms with Crippen LogP contribution in [0, 0.1) is 5.92 Å². The van der Waals surface area contributed by atoms with Crippen LogP contribution in [0.25, 0.3) is 0 Å². The molecule has 0 amide bonds. The van der Waals surface area contributed by atoms with E-state index in [1.807, 2.05) is 17.5 Å². The lowest BCUT2D eigenvalue weighted by atomic mass is 9.95. The largest absolute Gasteiger partial charge is 0.317 e.